The molecule has 1 amide bonds. The van der Waals surface area contributed by atoms with Gasteiger partial charge in [-0.3, -0.25) is 9.79 Å². The lowest BCUT2D eigenvalue weighted by Crippen LogP contribution is -2.48. The molecule has 2 bridgehead atoms. The third-order valence-corrected chi connectivity index (χ3v) is 12.2. The Balaban J connectivity index is 1.49. The molecule has 3 fully saturated rings. The van der Waals surface area contributed by atoms with Crippen LogP contribution in [0, 0.1) is 22.6 Å². The van der Waals surface area contributed by atoms with Gasteiger partial charge in [-0.1, -0.05) is 74.5 Å². The topological polar surface area (TPSA) is 85.3 Å². The first-order valence-electron chi connectivity index (χ1n) is 14.7. The van der Waals surface area contributed by atoms with Crippen LogP contribution in [-0.4, -0.2) is 56.4 Å². The van der Waals surface area contributed by atoms with Gasteiger partial charge in [-0.2, -0.15) is 0 Å². The van der Waals surface area contributed by atoms with Gasteiger partial charge in [-0.05, 0) is 42.2 Å². The lowest BCUT2D eigenvalue weighted by molar-refractivity contribution is -0.130. The quantitative estimate of drug-likeness (QED) is 0.310. The zero-order valence-corrected chi connectivity index (χ0v) is 25.7. The molecule has 0 aromatic heterocycles. The Morgan fingerprint density at radius 2 is 1.58 bits per heavy atom. The van der Waals surface area contributed by atoms with Gasteiger partial charge in [0.15, 0.2) is 11.5 Å². The van der Waals surface area contributed by atoms with E-state index in [1.54, 1.807) is 0 Å². The van der Waals surface area contributed by atoms with Crippen molar-refractivity contribution in [3.05, 3.63) is 95.3 Å². The summed E-state index contributed by atoms with van der Waals surface area (Å²) < 4.78 is 55.0. The maximum absolute atomic E-state index is 15.5. The van der Waals surface area contributed by atoms with Crippen LogP contribution in [0.3, 0.4) is 0 Å². The van der Waals surface area contributed by atoms with Crippen LogP contribution in [0.1, 0.15) is 49.8 Å². The van der Waals surface area contributed by atoms with Gasteiger partial charge in [0, 0.05) is 29.0 Å². The lowest BCUT2D eigenvalue weighted by Gasteiger charge is -2.37. The number of carbonyl (C=O) groups is 1. The van der Waals surface area contributed by atoms with E-state index < -0.39 is 39.2 Å². The van der Waals surface area contributed by atoms with Crippen LogP contribution < -0.4 is 9.47 Å². The van der Waals surface area contributed by atoms with Crippen LogP contribution in [-0.2, 0) is 21.2 Å². The SMILES string of the molecule is COc1cc(F)c(C[C@H](N=C(c2ccccc2)c2ccccc2)C(=O)N2C3CC4CCC3(CS2(=O)=O)C4(C)C)cc1OC. The molecular formula is C34H37FN2O5S. The van der Waals surface area contributed by atoms with Crippen LogP contribution in [0.25, 0.3) is 0 Å². The van der Waals surface area contributed by atoms with Gasteiger partial charge >= 0.3 is 0 Å². The maximum atomic E-state index is 15.5. The number of sulfonamides is 1. The summed E-state index contributed by atoms with van der Waals surface area (Å²) in [6.07, 6.45) is 2.22. The summed E-state index contributed by atoms with van der Waals surface area (Å²) in [6.45, 7) is 4.29. The fraction of sp³-hybridized carbons (Fsp3) is 0.412. The number of ether oxygens (including phenoxy) is 2. The average molecular weight is 605 g/mol. The molecule has 1 aliphatic heterocycles. The van der Waals surface area contributed by atoms with Crippen LogP contribution in [0.5, 0.6) is 11.5 Å². The van der Waals surface area contributed by atoms with Gasteiger partial charge < -0.3 is 9.47 Å². The molecule has 3 aliphatic rings. The summed E-state index contributed by atoms with van der Waals surface area (Å²) in [6, 6.07) is 19.9. The van der Waals surface area contributed by atoms with Crippen molar-refractivity contribution in [3.8, 4) is 11.5 Å². The van der Waals surface area contributed by atoms with Crippen molar-refractivity contribution >= 4 is 21.6 Å². The van der Waals surface area contributed by atoms with Crippen LogP contribution in [0.4, 0.5) is 4.39 Å². The van der Waals surface area contributed by atoms with Crippen molar-refractivity contribution in [1.82, 2.24) is 4.31 Å². The molecule has 1 spiro atoms. The molecule has 226 valence electrons. The summed E-state index contributed by atoms with van der Waals surface area (Å²) in [7, 11) is -1.04. The molecule has 3 aromatic carbocycles. The average Bonchev–Trinajstić information content (AvgIpc) is 3.48. The third-order valence-electron chi connectivity index (χ3n) is 10.3. The Kier molecular flexibility index (Phi) is 7.35. The Hall–Kier alpha value is -3.72. The lowest BCUT2D eigenvalue weighted by atomic mass is 9.69. The summed E-state index contributed by atoms with van der Waals surface area (Å²) in [5, 5.41) is 0. The van der Waals surface area contributed by atoms with Gasteiger partial charge in [0.2, 0.25) is 10.0 Å². The summed E-state index contributed by atoms with van der Waals surface area (Å²) in [5.41, 5.74) is 1.55. The number of fused-ring (bicyclic) bond motifs is 1. The summed E-state index contributed by atoms with van der Waals surface area (Å²) in [4.78, 5) is 19.6. The van der Waals surface area contributed by atoms with E-state index in [-0.39, 0.29) is 28.9 Å². The highest BCUT2D eigenvalue weighted by atomic mass is 32.2. The van der Waals surface area contributed by atoms with Crippen molar-refractivity contribution in [2.24, 2.45) is 21.7 Å². The molecule has 2 saturated carbocycles. The van der Waals surface area contributed by atoms with Gasteiger partial charge in [-0.15, -0.1) is 0 Å². The molecule has 1 saturated heterocycles. The highest BCUT2D eigenvalue weighted by molar-refractivity contribution is 7.90. The Morgan fingerprint density at radius 1 is 1.00 bits per heavy atom. The number of carbonyl (C=O) groups excluding carboxylic acids is 1. The molecule has 43 heavy (non-hydrogen) atoms. The van der Waals surface area contributed by atoms with Crippen molar-refractivity contribution in [2.75, 3.05) is 20.0 Å². The first kappa shape index (κ1) is 29.4. The predicted molar refractivity (Wildman–Crippen MR) is 163 cm³/mol. The normalized spacial score (nSPS) is 25.2. The summed E-state index contributed by atoms with van der Waals surface area (Å²) in [5.74, 6) is -0.388. The van der Waals surface area contributed by atoms with Crippen LogP contribution >= 0.6 is 0 Å². The van der Waals surface area contributed by atoms with Crippen LogP contribution in [0.2, 0.25) is 0 Å². The van der Waals surface area contributed by atoms with E-state index >= 15 is 4.39 Å². The van der Waals surface area contributed by atoms with E-state index in [1.165, 1.54) is 26.4 Å². The molecule has 9 heteroatoms. The van der Waals surface area contributed by atoms with Gasteiger partial charge in [-0.25, -0.2) is 17.1 Å². The second-order valence-electron chi connectivity index (χ2n) is 12.5. The molecule has 7 nitrogen and oxygen atoms in total. The van der Waals surface area contributed by atoms with Gasteiger partial charge in [0.1, 0.15) is 11.9 Å². The number of rotatable bonds is 8. The van der Waals surface area contributed by atoms with E-state index in [0.29, 0.717) is 23.8 Å². The number of aliphatic imine (C=N–C) groups is 1. The number of halogens is 1. The number of hydrogen-bond donors (Lipinski definition) is 0. The second kappa shape index (κ2) is 10.8. The molecule has 2 aliphatic carbocycles. The molecular weight excluding hydrogens is 567 g/mol. The van der Waals surface area contributed by atoms with Crippen molar-refractivity contribution in [3.63, 3.8) is 0 Å². The van der Waals surface area contributed by atoms with E-state index in [1.807, 2.05) is 60.7 Å². The Labute approximate surface area is 252 Å². The first-order chi connectivity index (χ1) is 20.5. The molecule has 4 atom stereocenters. The molecule has 3 aromatic rings. The van der Waals surface area contributed by atoms with E-state index in [9.17, 15) is 13.2 Å². The smallest absolute Gasteiger partial charge is 0.261 e. The number of hydrogen-bond acceptors (Lipinski definition) is 6. The Bertz CT molecular complexity index is 1630. The largest absolute Gasteiger partial charge is 0.493 e. The molecule has 1 heterocycles. The maximum Gasteiger partial charge on any atom is 0.261 e. The minimum atomic E-state index is -3.92. The van der Waals surface area contributed by atoms with Gasteiger partial charge in [0.25, 0.3) is 5.91 Å². The zero-order valence-electron chi connectivity index (χ0n) is 24.9. The number of nitrogens with zero attached hydrogens (tertiary/aromatic N) is 2. The molecule has 6 rings (SSSR count). The number of amides is 1. The first-order valence-corrected chi connectivity index (χ1v) is 16.3. The van der Waals surface area contributed by atoms with Crippen LogP contribution in [0.15, 0.2) is 77.8 Å². The molecule has 0 N–H and O–H groups in total. The molecule has 0 radical (unpaired) electrons. The third kappa shape index (κ3) is 4.72. The zero-order chi connectivity index (χ0) is 30.6. The number of methoxy groups -OCH3 is 2. The highest BCUT2D eigenvalue weighted by Gasteiger charge is 2.72. The van der Waals surface area contributed by atoms with Gasteiger partial charge in [0.05, 0.1) is 31.7 Å². The standard InChI is InChI=1S/C34H37FN2O5S/c1-33(2)25-15-16-34(33)21-43(39,40)37(30(34)19-25)32(38)27(17-24-18-28(41-3)29(42-4)20-26(24)35)36-31(22-11-7-5-8-12-22)23-13-9-6-10-14-23/h5-14,18,20,25,27,30H,15-17,19,21H2,1-4H3/t25?,27-,30?,34?/m0/s1. The van der Waals surface area contributed by atoms with E-state index in [0.717, 1.165) is 28.3 Å². The fourth-order valence-corrected chi connectivity index (χ4v) is 10.4. The second-order valence-corrected chi connectivity index (χ2v) is 14.3. The summed E-state index contributed by atoms with van der Waals surface area (Å²) >= 11 is 0. The highest BCUT2D eigenvalue weighted by Crippen LogP contribution is 2.70. The Morgan fingerprint density at radius 3 is 2.14 bits per heavy atom. The monoisotopic (exact) mass is 604 g/mol. The minimum Gasteiger partial charge on any atom is -0.493 e. The minimum absolute atomic E-state index is 0.0503. The van der Waals surface area contributed by atoms with Crippen molar-refractivity contribution in [1.29, 1.82) is 0 Å². The van der Waals surface area contributed by atoms with E-state index in [4.69, 9.17) is 14.5 Å². The molecule has 3 unspecified atom stereocenters. The van der Waals surface area contributed by atoms with Crippen molar-refractivity contribution in [2.45, 2.75) is 51.6 Å². The van der Waals surface area contributed by atoms with E-state index in [2.05, 4.69) is 13.8 Å². The number of benzene rings is 3. The predicted octanol–water partition coefficient (Wildman–Crippen LogP) is 5.66. The fourth-order valence-electron chi connectivity index (χ4n) is 7.84. The van der Waals surface area contributed by atoms with Crippen molar-refractivity contribution < 1.29 is 27.1 Å².